The number of amides is 2. The van der Waals surface area contributed by atoms with Crippen LogP contribution < -0.4 is 10.6 Å². The first-order valence-corrected chi connectivity index (χ1v) is 10.1. The Bertz CT molecular complexity index is 798. The van der Waals surface area contributed by atoms with E-state index in [0.717, 1.165) is 0 Å². The molecule has 0 aliphatic rings. The fourth-order valence-electron chi connectivity index (χ4n) is 2.49. The third-order valence-corrected chi connectivity index (χ3v) is 5.03. The number of nitrogens with one attached hydrogen (secondary N) is 2. The zero-order valence-electron chi connectivity index (χ0n) is 16.5. The molecule has 0 bridgehead atoms. The Hall–Kier alpha value is -2.67. The molecular formula is C21H26N2O4S. The molecule has 0 radical (unpaired) electrons. The molecule has 6 nitrogen and oxygen atoms in total. The van der Waals surface area contributed by atoms with Crippen molar-refractivity contribution in [3.8, 4) is 0 Å². The van der Waals surface area contributed by atoms with Gasteiger partial charge in [0.1, 0.15) is 6.04 Å². The summed E-state index contributed by atoms with van der Waals surface area (Å²) < 4.78 is 5.12. The number of hydrogen-bond donors (Lipinski definition) is 2. The molecule has 1 aromatic heterocycles. The summed E-state index contributed by atoms with van der Waals surface area (Å²) in [6.07, 6.45) is 0. The van der Waals surface area contributed by atoms with Gasteiger partial charge in [0.05, 0.1) is 4.88 Å². The first-order chi connectivity index (χ1) is 13.3. The van der Waals surface area contributed by atoms with E-state index in [-0.39, 0.29) is 11.8 Å². The number of ether oxygens (including phenoxy) is 1. The SMILES string of the molecule is CC(C)c1ccc(NC(=O)COC(=O)[C@H](NC(=O)c2cccs2)C(C)C)cc1. The van der Waals surface area contributed by atoms with Crippen molar-refractivity contribution < 1.29 is 19.1 Å². The first-order valence-electron chi connectivity index (χ1n) is 9.18. The number of carbonyl (C=O) groups excluding carboxylic acids is 3. The second kappa shape index (κ2) is 10.0. The van der Waals surface area contributed by atoms with Crippen molar-refractivity contribution in [3.05, 3.63) is 52.2 Å². The minimum absolute atomic E-state index is 0.178. The van der Waals surface area contributed by atoms with E-state index in [1.165, 1.54) is 16.9 Å². The van der Waals surface area contributed by atoms with Gasteiger partial charge in [-0.1, -0.05) is 45.9 Å². The van der Waals surface area contributed by atoms with Gasteiger partial charge in [0.2, 0.25) is 0 Å². The van der Waals surface area contributed by atoms with Crippen molar-refractivity contribution in [1.29, 1.82) is 0 Å². The highest BCUT2D eigenvalue weighted by atomic mass is 32.1. The Morgan fingerprint density at radius 1 is 1.04 bits per heavy atom. The second-order valence-electron chi connectivity index (χ2n) is 7.11. The normalized spacial score (nSPS) is 11.9. The van der Waals surface area contributed by atoms with Gasteiger partial charge in [-0.3, -0.25) is 9.59 Å². The summed E-state index contributed by atoms with van der Waals surface area (Å²) in [7, 11) is 0. The molecule has 7 heteroatoms. The first kappa shape index (κ1) is 21.6. The van der Waals surface area contributed by atoms with E-state index in [0.29, 0.717) is 16.5 Å². The van der Waals surface area contributed by atoms with Crippen molar-refractivity contribution in [2.45, 2.75) is 39.7 Å². The van der Waals surface area contributed by atoms with Crippen LogP contribution in [0.1, 0.15) is 48.8 Å². The molecule has 0 spiro atoms. The van der Waals surface area contributed by atoms with E-state index >= 15 is 0 Å². The van der Waals surface area contributed by atoms with E-state index in [4.69, 9.17) is 4.74 Å². The molecule has 0 aliphatic carbocycles. The number of benzene rings is 1. The van der Waals surface area contributed by atoms with E-state index in [2.05, 4.69) is 24.5 Å². The van der Waals surface area contributed by atoms with Crippen LogP contribution in [0, 0.1) is 5.92 Å². The Balaban J connectivity index is 1.87. The third-order valence-electron chi connectivity index (χ3n) is 4.16. The summed E-state index contributed by atoms with van der Waals surface area (Å²) in [6, 6.07) is 10.1. The molecule has 2 rings (SSSR count). The molecule has 0 aliphatic heterocycles. The van der Waals surface area contributed by atoms with Gasteiger partial charge in [-0.05, 0) is 41.0 Å². The van der Waals surface area contributed by atoms with Crippen LogP contribution in [-0.4, -0.2) is 30.4 Å². The lowest BCUT2D eigenvalue weighted by Gasteiger charge is -2.20. The van der Waals surface area contributed by atoms with Gasteiger partial charge in [-0.25, -0.2) is 4.79 Å². The van der Waals surface area contributed by atoms with Crippen LogP contribution in [0.15, 0.2) is 41.8 Å². The van der Waals surface area contributed by atoms with Gasteiger partial charge in [0.25, 0.3) is 11.8 Å². The molecule has 28 heavy (non-hydrogen) atoms. The van der Waals surface area contributed by atoms with Gasteiger partial charge < -0.3 is 15.4 Å². The average Bonchev–Trinajstić information content (AvgIpc) is 3.19. The molecule has 2 amide bonds. The standard InChI is InChI=1S/C21H26N2O4S/c1-13(2)15-7-9-16(10-8-15)22-18(24)12-27-21(26)19(14(3)4)23-20(25)17-6-5-11-28-17/h5-11,13-14,19H,12H2,1-4H3,(H,22,24)(H,23,25)/t19-/m1/s1. The number of carbonyl (C=O) groups is 3. The number of hydrogen-bond acceptors (Lipinski definition) is 5. The highest BCUT2D eigenvalue weighted by molar-refractivity contribution is 7.12. The van der Waals surface area contributed by atoms with E-state index in [1.54, 1.807) is 31.4 Å². The van der Waals surface area contributed by atoms with Crippen LogP contribution in [0.4, 0.5) is 5.69 Å². The van der Waals surface area contributed by atoms with Crippen LogP contribution in [0.5, 0.6) is 0 Å². The molecular weight excluding hydrogens is 376 g/mol. The summed E-state index contributed by atoms with van der Waals surface area (Å²) >= 11 is 1.29. The molecule has 2 aromatic rings. The minimum Gasteiger partial charge on any atom is -0.454 e. The molecule has 2 N–H and O–H groups in total. The molecule has 0 saturated carbocycles. The topological polar surface area (TPSA) is 84.5 Å². The maximum atomic E-state index is 12.4. The van der Waals surface area contributed by atoms with Gasteiger partial charge in [0, 0.05) is 5.69 Å². The molecule has 1 atom stereocenters. The maximum Gasteiger partial charge on any atom is 0.329 e. The van der Waals surface area contributed by atoms with Crippen molar-refractivity contribution in [2.24, 2.45) is 5.92 Å². The Labute approximate surface area is 169 Å². The van der Waals surface area contributed by atoms with Crippen LogP contribution >= 0.6 is 11.3 Å². The second-order valence-corrected chi connectivity index (χ2v) is 8.05. The summed E-state index contributed by atoms with van der Waals surface area (Å²) in [6.45, 7) is 7.38. The maximum absolute atomic E-state index is 12.4. The summed E-state index contributed by atoms with van der Waals surface area (Å²) in [5.74, 6) is -1.17. The Kier molecular flexibility index (Phi) is 7.75. The minimum atomic E-state index is -0.826. The van der Waals surface area contributed by atoms with E-state index < -0.39 is 24.5 Å². The monoisotopic (exact) mass is 402 g/mol. The largest absolute Gasteiger partial charge is 0.454 e. The number of rotatable bonds is 8. The van der Waals surface area contributed by atoms with Gasteiger partial charge in [-0.15, -0.1) is 11.3 Å². The smallest absolute Gasteiger partial charge is 0.329 e. The highest BCUT2D eigenvalue weighted by Crippen LogP contribution is 2.17. The van der Waals surface area contributed by atoms with Gasteiger partial charge >= 0.3 is 5.97 Å². The summed E-state index contributed by atoms with van der Waals surface area (Å²) in [4.78, 5) is 37.1. The van der Waals surface area contributed by atoms with E-state index in [1.807, 2.05) is 24.3 Å². The molecule has 1 heterocycles. The number of anilines is 1. The van der Waals surface area contributed by atoms with Gasteiger partial charge in [-0.2, -0.15) is 0 Å². The predicted octanol–water partition coefficient (Wildman–Crippen LogP) is 3.81. The van der Waals surface area contributed by atoms with Crippen LogP contribution in [0.2, 0.25) is 0 Å². The highest BCUT2D eigenvalue weighted by Gasteiger charge is 2.27. The summed E-state index contributed by atoms with van der Waals surface area (Å²) in [5.41, 5.74) is 1.81. The predicted molar refractivity (Wildman–Crippen MR) is 111 cm³/mol. The Morgan fingerprint density at radius 2 is 1.71 bits per heavy atom. The van der Waals surface area contributed by atoms with Crippen LogP contribution in [0.3, 0.4) is 0 Å². The van der Waals surface area contributed by atoms with Crippen LogP contribution in [-0.2, 0) is 14.3 Å². The average molecular weight is 403 g/mol. The number of thiophene rings is 1. The lowest BCUT2D eigenvalue weighted by molar-refractivity contribution is -0.150. The third kappa shape index (κ3) is 6.20. The molecule has 150 valence electrons. The molecule has 0 saturated heterocycles. The molecule has 0 fully saturated rings. The fraction of sp³-hybridized carbons (Fsp3) is 0.381. The quantitative estimate of drug-likeness (QED) is 0.658. The molecule has 1 aromatic carbocycles. The zero-order valence-corrected chi connectivity index (χ0v) is 17.3. The van der Waals surface area contributed by atoms with Crippen molar-refractivity contribution in [3.63, 3.8) is 0 Å². The molecule has 0 unspecified atom stereocenters. The summed E-state index contributed by atoms with van der Waals surface area (Å²) in [5, 5.41) is 7.15. The van der Waals surface area contributed by atoms with Crippen molar-refractivity contribution in [2.75, 3.05) is 11.9 Å². The fourth-order valence-corrected chi connectivity index (χ4v) is 3.12. The van der Waals surface area contributed by atoms with Crippen molar-refractivity contribution >= 4 is 34.8 Å². The van der Waals surface area contributed by atoms with Crippen molar-refractivity contribution in [1.82, 2.24) is 5.32 Å². The lowest BCUT2D eigenvalue weighted by Crippen LogP contribution is -2.45. The Morgan fingerprint density at radius 3 is 2.25 bits per heavy atom. The van der Waals surface area contributed by atoms with Crippen LogP contribution in [0.25, 0.3) is 0 Å². The lowest BCUT2D eigenvalue weighted by atomic mass is 10.0. The number of esters is 1. The van der Waals surface area contributed by atoms with Gasteiger partial charge in [0.15, 0.2) is 6.61 Å². The van der Waals surface area contributed by atoms with E-state index in [9.17, 15) is 14.4 Å². The zero-order chi connectivity index (χ0) is 20.7.